The van der Waals surface area contributed by atoms with Crippen molar-refractivity contribution in [3.63, 3.8) is 0 Å². The number of nitrogens with two attached hydrogens (primary N) is 1. The molecule has 1 aromatic rings. The third kappa shape index (κ3) is 1.80. The highest BCUT2D eigenvalue weighted by molar-refractivity contribution is 6.00. The molecule has 0 aliphatic heterocycles. The van der Waals surface area contributed by atoms with Crippen molar-refractivity contribution in [2.24, 2.45) is 5.92 Å². The van der Waals surface area contributed by atoms with E-state index in [9.17, 15) is 9.18 Å². The molecule has 1 saturated carbocycles. The first kappa shape index (κ1) is 10.7. The zero-order chi connectivity index (χ0) is 11.9. The van der Waals surface area contributed by atoms with Crippen LogP contribution in [0.4, 0.5) is 15.8 Å². The van der Waals surface area contributed by atoms with Crippen LogP contribution in [0.1, 0.15) is 23.7 Å². The van der Waals surface area contributed by atoms with Crippen molar-refractivity contribution in [2.75, 3.05) is 11.1 Å². The summed E-state index contributed by atoms with van der Waals surface area (Å²) in [6.45, 7) is 2.06. The van der Waals surface area contributed by atoms with Gasteiger partial charge >= 0.3 is 5.97 Å². The molecule has 0 heterocycles. The first-order valence-electron chi connectivity index (χ1n) is 5.08. The lowest BCUT2D eigenvalue weighted by molar-refractivity contribution is 0.0698. The number of carbonyl (C=O) groups is 1. The minimum Gasteiger partial charge on any atom is -0.478 e. The molecule has 1 aliphatic carbocycles. The molecule has 4 nitrogen and oxygen atoms in total. The standard InChI is InChI=1S/C11H13FN2O2/c1-5-4-8(5)14-7-3-2-6(12)10(13)9(7)11(15)16/h2-3,5,8,14H,4,13H2,1H3,(H,15,16). The van der Waals surface area contributed by atoms with Gasteiger partial charge in [0.15, 0.2) is 0 Å². The number of anilines is 2. The summed E-state index contributed by atoms with van der Waals surface area (Å²) in [4.78, 5) is 11.0. The molecule has 5 heteroatoms. The highest BCUT2D eigenvalue weighted by Crippen LogP contribution is 2.35. The smallest absolute Gasteiger partial charge is 0.340 e. The van der Waals surface area contributed by atoms with Crippen LogP contribution in [0.15, 0.2) is 12.1 Å². The molecule has 1 aromatic carbocycles. The topological polar surface area (TPSA) is 75.3 Å². The number of benzene rings is 1. The van der Waals surface area contributed by atoms with E-state index < -0.39 is 11.8 Å². The first-order valence-corrected chi connectivity index (χ1v) is 5.08. The molecule has 0 aromatic heterocycles. The fourth-order valence-corrected chi connectivity index (χ4v) is 1.67. The zero-order valence-corrected chi connectivity index (χ0v) is 8.83. The second kappa shape index (κ2) is 3.66. The summed E-state index contributed by atoms with van der Waals surface area (Å²) in [6, 6.07) is 2.86. The van der Waals surface area contributed by atoms with Gasteiger partial charge in [0.25, 0.3) is 0 Å². The number of carboxylic acids is 1. The van der Waals surface area contributed by atoms with Crippen molar-refractivity contribution < 1.29 is 14.3 Å². The van der Waals surface area contributed by atoms with Crippen molar-refractivity contribution in [3.05, 3.63) is 23.5 Å². The van der Waals surface area contributed by atoms with Crippen molar-refractivity contribution in [1.82, 2.24) is 0 Å². The number of hydrogen-bond acceptors (Lipinski definition) is 3. The number of rotatable bonds is 3. The zero-order valence-electron chi connectivity index (χ0n) is 8.83. The Hall–Kier alpha value is -1.78. The van der Waals surface area contributed by atoms with E-state index in [2.05, 4.69) is 12.2 Å². The molecule has 4 N–H and O–H groups in total. The summed E-state index contributed by atoms with van der Waals surface area (Å²) in [5.41, 5.74) is 5.31. The largest absolute Gasteiger partial charge is 0.478 e. The summed E-state index contributed by atoms with van der Waals surface area (Å²) in [7, 11) is 0. The lowest BCUT2D eigenvalue weighted by Crippen LogP contribution is -2.12. The minimum absolute atomic E-state index is 0.181. The molecule has 1 aliphatic rings. The molecular weight excluding hydrogens is 211 g/mol. The van der Waals surface area contributed by atoms with Gasteiger partial charge < -0.3 is 16.2 Å². The fourth-order valence-electron chi connectivity index (χ4n) is 1.67. The molecule has 86 valence electrons. The van der Waals surface area contributed by atoms with Crippen LogP contribution in [0.3, 0.4) is 0 Å². The Morgan fingerprint density at radius 3 is 2.75 bits per heavy atom. The van der Waals surface area contributed by atoms with E-state index in [-0.39, 0.29) is 17.3 Å². The Morgan fingerprint density at radius 1 is 1.62 bits per heavy atom. The molecule has 0 saturated heterocycles. The van der Waals surface area contributed by atoms with E-state index in [0.717, 1.165) is 6.42 Å². The van der Waals surface area contributed by atoms with Crippen molar-refractivity contribution >= 4 is 17.3 Å². The lowest BCUT2D eigenvalue weighted by atomic mass is 10.1. The summed E-state index contributed by atoms with van der Waals surface area (Å²) in [5.74, 6) is -1.40. The van der Waals surface area contributed by atoms with E-state index in [1.54, 1.807) is 0 Å². The maximum absolute atomic E-state index is 13.1. The highest BCUT2D eigenvalue weighted by atomic mass is 19.1. The Morgan fingerprint density at radius 2 is 2.25 bits per heavy atom. The first-order chi connectivity index (χ1) is 7.50. The average molecular weight is 224 g/mol. The highest BCUT2D eigenvalue weighted by Gasteiger charge is 2.33. The van der Waals surface area contributed by atoms with Gasteiger partial charge in [0.1, 0.15) is 11.4 Å². The van der Waals surface area contributed by atoms with Crippen LogP contribution in [0.5, 0.6) is 0 Å². The SMILES string of the molecule is CC1CC1Nc1ccc(F)c(N)c1C(=O)O. The van der Waals surface area contributed by atoms with Gasteiger partial charge in [-0.15, -0.1) is 0 Å². The van der Waals surface area contributed by atoms with Crippen LogP contribution in [0, 0.1) is 11.7 Å². The normalized spacial score (nSPS) is 22.9. The molecular formula is C11H13FN2O2. The van der Waals surface area contributed by atoms with Crippen LogP contribution in [-0.4, -0.2) is 17.1 Å². The van der Waals surface area contributed by atoms with Gasteiger partial charge in [-0.3, -0.25) is 0 Å². The van der Waals surface area contributed by atoms with Crippen LogP contribution in [0.2, 0.25) is 0 Å². The molecule has 0 radical (unpaired) electrons. The number of nitrogens with one attached hydrogen (secondary N) is 1. The molecule has 2 unspecified atom stereocenters. The average Bonchev–Trinajstić information content (AvgIpc) is 2.88. The Labute approximate surface area is 92.3 Å². The second-order valence-corrected chi connectivity index (χ2v) is 4.15. The summed E-state index contributed by atoms with van der Waals surface area (Å²) in [6.07, 6.45) is 0.996. The van der Waals surface area contributed by atoms with Crippen LogP contribution in [-0.2, 0) is 0 Å². The maximum Gasteiger partial charge on any atom is 0.340 e. The summed E-state index contributed by atoms with van der Waals surface area (Å²) < 4.78 is 13.1. The Bertz CT molecular complexity index is 448. The van der Waals surface area contributed by atoms with E-state index in [1.165, 1.54) is 12.1 Å². The third-order valence-corrected chi connectivity index (χ3v) is 2.86. The van der Waals surface area contributed by atoms with Gasteiger partial charge in [0.05, 0.1) is 11.4 Å². The fraction of sp³-hybridized carbons (Fsp3) is 0.364. The number of carboxylic acid groups (broad SMARTS) is 1. The van der Waals surface area contributed by atoms with E-state index in [4.69, 9.17) is 10.8 Å². The van der Waals surface area contributed by atoms with Crippen LogP contribution >= 0.6 is 0 Å². The molecule has 0 bridgehead atoms. The van der Waals surface area contributed by atoms with E-state index in [1.807, 2.05) is 0 Å². The van der Waals surface area contributed by atoms with Gasteiger partial charge in [-0.05, 0) is 24.5 Å². The van der Waals surface area contributed by atoms with Gasteiger partial charge in [0, 0.05) is 6.04 Å². The molecule has 0 amide bonds. The van der Waals surface area contributed by atoms with Crippen molar-refractivity contribution in [1.29, 1.82) is 0 Å². The summed E-state index contributed by atoms with van der Waals surface area (Å²) in [5, 5.41) is 12.0. The predicted octanol–water partition coefficient (Wildman–Crippen LogP) is 1.93. The minimum atomic E-state index is -1.21. The van der Waals surface area contributed by atoms with Crippen molar-refractivity contribution in [3.8, 4) is 0 Å². The molecule has 1 fully saturated rings. The molecule has 0 spiro atoms. The van der Waals surface area contributed by atoms with Crippen LogP contribution in [0.25, 0.3) is 0 Å². The quantitative estimate of drug-likeness (QED) is 0.686. The van der Waals surface area contributed by atoms with E-state index >= 15 is 0 Å². The Balaban J connectivity index is 2.36. The van der Waals surface area contributed by atoms with Crippen molar-refractivity contribution in [2.45, 2.75) is 19.4 Å². The monoisotopic (exact) mass is 224 g/mol. The van der Waals surface area contributed by atoms with Gasteiger partial charge in [0.2, 0.25) is 0 Å². The Kier molecular flexibility index (Phi) is 2.46. The summed E-state index contributed by atoms with van der Waals surface area (Å²) >= 11 is 0. The van der Waals surface area contributed by atoms with Gasteiger partial charge in [-0.25, -0.2) is 9.18 Å². The number of halogens is 1. The third-order valence-electron chi connectivity index (χ3n) is 2.86. The lowest BCUT2D eigenvalue weighted by Gasteiger charge is -2.11. The van der Waals surface area contributed by atoms with Gasteiger partial charge in [-0.1, -0.05) is 6.92 Å². The maximum atomic E-state index is 13.1. The molecule has 16 heavy (non-hydrogen) atoms. The predicted molar refractivity (Wildman–Crippen MR) is 59.0 cm³/mol. The second-order valence-electron chi connectivity index (χ2n) is 4.15. The number of nitrogen functional groups attached to an aromatic ring is 1. The number of hydrogen-bond donors (Lipinski definition) is 3. The number of aromatic carboxylic acids is 1. The van der Waals surface area contributed by atoms with E-state index in [0.29, 0.717) is 11.6 Å². The van der Waals surface area contributed by atoms with Gasteiger partial charge in [-0.2, -0.15) is 0 Å². The van der Waals surface area contributed by atoms with Crippen LogP contribution < -0.4 is 11.1 Å². The molecule has 2 atom stereocenters. The molecule has 2 rings (SSSR count).